The zero-order chi connectivity index (χ0) is 71.8. The van der Waals surface area contributed by atoms with Crippen LogP contribution in [0, 0.1) is 11.3 Å². The molecule has 7 nitrogen and oxygen atoms in total. The van der Waals surface area contributed by atoms with Crippen LogP contribution in [-0.2, 0) is 16.2 Å². The molecule has 0 aliphatic carbocycles. The van der Waals surface area contributed by atoms with Crippen molar-refractivity contribution in [1.82, 2.24) is 9.13 Å². The number of hydrogen-bond donors (Lipinski definition) is 0. The highest BCUT2D eigenvalue weighted by Gasteiger charge is 2.46. The van der Waals surface area contributed by atoms with Gasteiger partial charge in [-0.1, -0.05) is 226 Å². The highest BCUT2D eigenvalue weighted by molar-refractivity contribution is 7.00. The smallest absolute Gasteiger partial charge is 0.260 e. The first kappa shape index (κ1) is 63.2. The van der Waals surface area contributed by atoms with Crippen molar-refractivity contribution in [3.63, 3.8) is 0 Å². The van der Waals surface area contributed by atoms with Crippen molar-refractivity contribution in [2.75, 3.05) is 9.80 Å². The molecule has 4 aliphatic rings. The molecule has 0 fully saturated rings. The summed E-state index contributed by atoms with van der Waals surface area (Å²) < 4.78 is 19.3. The van der Waals surface area contributed by atoms with E-state index in [0.717, 1.165) is 151 Å². The summed E-state index contributed by atoms with van der Waals surface area (Å²) >= 11 is 0. The van der Waals surface area contributed by atoms with Gasteiger partial charge in [0.25, 0.3) is 13.4 Å². The molecule has 20 rings (SSSR count). The summed E-state index contributed by atoms with van der Waals surface area (Å²) in [5, 5.41) is 15.1. The van der Waals surface area contributed by atoms with Gasteiger partial charge in [0.05, 0.1) is 45.1 Å². The van der Waals surface area contributed by atoms with Crippen LogP contribution in [0.5, 0.6) is 23.0 Å². The average molecular weight is 1360 g/mol. The zero-order valence-electron chi connectivity index (χ0n) is 60.9. The molecular formula is C97H75B2N5O2. The number of fused-ring (bicyclic) bond motifs is 14. The second kappa shape index (κ2) is 23.3. The van der Waals surface area contributed by atoms with Gasteiger partial charge in [-0.3, -0.25) is 0 Å². The molecule has 0 amide bonds. The van der Waals surface area contributed by atoms with Crippen LogP contribution in [0.4, 0.5) is 34.1 Å². The van der Waals surface area contributed by atoms with E-state index in [9.17, 15) is 5.26 Å². The van der Waals surface area contributed by atoms with Crippen molar-refractivity contribution in [3.8, 4) is 73.8 Å². The Kier molecular flexibility index (Phi) is 13.9. The Balaban J connectivity index is 0.917. The molecule has 0 bridgehead atoms. The third-order valence-electron chi connectivity index (χ3n) is 22.9. The molecule has 2 aromatic heterocycles. The lowest BCUT2D eigenvalue weighted by Crippen LogP contribution is -2.61. The molecule has 506 valence electrons. The fraction of sp³-hybridized carbons (Fsp3) is 0.124. The van der Waals surface area contributed by atoms with Crippen LogP contribution in [-0.4, -0.2) is 22.6 Å². The molecule has 0 unspecified atom stereocenters. The van der Waals surface area contributed by atoms with Gasteiger partial charge in [-0.25, -0.2) is 0 Å². The molecule has 106 heavy (non-hydrogen) atoms. The summed E-state index contributed by atoms with van der Waals surface area (Å²) in [5.74, 6) is 3.23. The normalized spacial score (nSPS) is 13.4. The lowest BCUT2D eigenvalue weighted by Gasteiger charge is -2.45. The van der Waals surface area contributed by atoms with Crippen LogP contribution in [0.2, 0.25) is 0 Å². The number of anilines is 6. The quantitative estimate of drug-likeness (QED) is 0.149. The summed E-state index contributed by atoms with van der Waals surface area (Å²) in [7, 11) is 0. The fourth-order valence-electron chi connectivity index (χ4n) is 17.6. The van der Waals surface area contributed by atoms with Crippen molar-refractivity contribution in [2.24, 2.45) is 0 Å². The van der Waals surface area contributed by atoms with Gasteiger partial charge in [0.1, 0.15) is 23.0 Å². The zero-order valence-corrected chi connectivity index (χ0v) is 60.9. The van der Waals surface area contributed by atoms with Gasteiger partial charge >= 0.3 is 0 Å². The van der Waals surface area contributed by atoms with Crippen molar-refractivity contribution in [3.05, 3.63) is 313 Å². The number of hydrogen-bond acceptors (Lipinski definition) is 5. The van der Waals surface area contributed by atoms with Gasteiger partial charge in [-0.05, 0) is 210 Å². The first-order chi connectivity index (χ1) is 51.4. The Bertz CT molecular complexity index is 6310. The largest absolute Gasteiger partial charge is 0.458 e. The number of benzene rings is 14. The summed E-state index contributed by atoms with van der Waals surface area (Å²) in [6.07, 6.45) is 0. The Morgan fingerprint density at radius 3 is 1.10 bits per heavy atom. The summed E-state index contributed by atoms with van der Waals surface area (Å²) in [6.45, 7) is 20.3. The van der Waals surface area contributed by atoms with Gasteiger partial charge in [0.2, 0.25) is 0 Å². The van der Waals surface area contributed by atoms with E-state index in [2.05, 4.69) is 372 Å². The van der Waals surface area contributed by atoms with Crippen molar-refractivity contribution < 1.29 is 9.47 Å². The molecule has 0 radical (unpaired) electrons. The molecule has 0 saturated heterocycles. The SMILES string of the molecule is CC(C)(C)c1ccc2c(c1)c1cc(C#N)ccc1n2-c1ccc2c(c1)N(c1ccccc1-c1ccccc1)c1cc(-c3cc4c5c(c3)Oc3ccccc3B5c3ccccc3O4)cc3c1B2c1ccc(-n2c4ccc(C(C)(C)C)cc4c4cc(C(C)(C)C)ccc42)cc1N3c1ccccc1-c1ccccc1. The number of aromatic nitrogens is 2. The van der Waals surface area contributed by atoms with Crippen molar-refractivity contribution >= 4 is 124 Å². The summed E-state index contributed by atoms with van der Waals surface area (Å²) in [4.78, 5) is 5.18. The minimum absolute atomic E-state index is 0.0682. The van der Waals surface area contributed by atoms with E-state index >= 15 is 0 Å². The molecule has 4 aliphatic heterocycles. The number of nitriles is 1. The number of rotatable bonds is 7. The molecular weight excluding hydrogens is 1290 g/mol. The highest BCUT2D eigenvalue weighted by Crippen LogP contribution is 2.52. The van der Waals surface area contributed by atoms with Gasteiger partial charge in [0, 0.05) is 72.3 Å². The third-order valence-corrected chi connectivity index (χ3v) is 22.9. The van der Waals surface area contributed by atoms with E-state index in [1.807, 2.05) is 6.07 Å². The minimum Gasteiger partial charge on any atom is -0.458 e. The van der Waals surface area contributed by atoms with E-state index in [1.54, 1.807) is 0 Å². The van der Waals surface area contributed by atoms with E-state index in [-0.39, 0.29) is 29.7 Å². The Hall–Kier alpha value is -12.5. The van der Waals surface area contributed by atoms with E-state index < -0.39 is 0 Å². The molecule has 0 atom stereocenters. The van der Waals surface area contributed by atoms with E-state index in [0.29, 0.717) is 5.56 Å². The van der Waals surface area contributed by atoms with Crippen LogP contribution in [0.3, 0.4) is 0 Å². The van der Waals surface area contributed by atoms with Crippen molar-refractivity contribution in [1.29, 1.82) is 5.26 Å². The summed E-state index contributed by atoms with van der Waals surface area (Å²) in [6, 6.07) is 111. The summed E-state index contributed by atoms with van der Waals surface area (Å²) in [5.41, 5.74) is 30.2. The lowest BCUT2D eigenvalue weighted by atomic mass is 9.33. The van der Waals surface area contributed by atoms with Gasteiger partial charge in [-0.2, -0.15) is 5.26 Å². The Morgan fingerprint density at radius 1 is 0.292 bits per heavy atom. The Labute approximate surface area is 619 Å². The van der Waals surface area contributed by atoms with Crippen molar-refractivity contribution in [2.45, 2.75) is 78.6 Å². The van der Waals surface area contributed by atoms with Crippen LogP contribution < -0.4 is 52.1 Å². The first-order valence-corrected chi connectivity index (χ1v) is 37.1. The predicted molar refractivity (Wildman–Crippen MR) is 444 cm³/mol. The third kappa shape index (κ3) is 9.73. The standard InChI is InChI=1S/C97H75B2N5O2/c1-95(2,3)64-37-45-82-72(53-64)71-48-59(58-100)36-44-81(71)101(82)67-40-42-75-85(56-67)103(79-32-20-16-28-69(79)60-24-12-10-13-25-60)87-49-62(63-51-91-94-92(52-63)106-90-35-23-19-31-78(90)99(94)77-30-18-22-34-89(77)105-91)50-88-93(87)98(75)76-43-41-68(57-86(76)104(88)80-33-21-17-29-70(80)61-26-14-11-15-27-61)102-83-46-38-65(96(4,5)6)54-73(83)74-55-66(97(7,8)9)39-47-84(74)102/h10-57H,1-9H3. The molecule has 0 N–H and O–H groups in total. The lowest BCUT2D eigenvalue weighted by molar-refractivity contribution is 0.465. The molecule has 0 spiro atoms. The number of nitrogens with zero attached hydrogens (tertiary/aromatic N) is 5. The van der Waals surface area contributed by atoms with Gasteiger partial charge in [-0.15, -0.1) is 0 Å². The van der Waals surface area contributed by atoms with E-state index in [1.165, 1.54) is 43.9 Å². The van der Waals surface area contributed by atoms with Crippen LogP contribution in [0.25, 0.3) is 88.4 Å². The maximum absolute atomic E-state index is 10.5. The fourth-order valence-corrected chi connectivity index (χ4v) is 17.6. The maximum atomic E-state index is 10.5. The monoisotopic (exact) mass is 1360 g/mol. The second-order valence-electron chi connectivity index (χ2n) is 32.3. The van der Waals surface area contributed by atoms with E-state index in [4.69, 9.17) is 9.47 Å². The van der Waals surface area contributed by atoms with Crippen LogP contribution >= 0.6 is 0 Å². The topological polar surface area (TPSA) is 58.6 Å². The van der Waals surface area contributed by atoms with Crippen LogP contribution in [0.1, 0.15) is 84.6 Å². The predicted octanol–water partition coefficient (Wildman–Crippen LogP) is 21.5. The second-order valence-corrected chi connectivity index (χ2v) is 32.3. The maximum Gasteiger partial charge on any atom is 0.260 e. The first-order valence-electron chi connectivity index (χ1n) is 37.1. The van der Waals surface area contributed by atoms with Gasteiger partial charge in [0.15, 0.2) is 0 Å². The molecule has 14 aromatic carbocycles. The molecule has 9 heteroatoms. The Morgan fingerprint density at radius 2 is 0.670 bits per heavy atom. The molecule has 0 saturated carbocycles. The minimum atomic E-state index is -0.287. The number of para-hydroxylation sites is 4. The van der Waals surface area contributed by atoms with Crippen LogP contribution in [0.15, 0.2) is 291 Å². The molecule has 6 heterocycles. The number of ether oxygens (including phenoxy) is 2. The van der Waals surface area contributed by atoms with Gasteiger partial charge < -0.3 is 28.4 Å². The average Bonchev–Trinajstić information content (AvgIpc) is 0.853. The highest BCUT2D eigenvalue weighted by atomic mass is 16.5. The molecule has 16 aromatic rings.